The Kier molecular flexibility index (Phi) is 3.33. The van der Waals surface area contributed by atoms with E-state index in [4.69, 9.17) is 11.6 Å². The predicted molar refractivity (Wildman–Crippen MR) is 76.8 cm³/mol. The first-order valence-corrected chi connectivity index (χ1v) is 6.85. The lowest BCUT2D eigenvalue weighted by Crippen LogP contribution is -2.14. The minimum atomic E-state index is -0.688. The van der Waals surface area contributed by atoms with Gasteiger partial charge < -0.3 is 5.32 Å². The zero-order valence-electron chi connectivity index (χ0n) is 9.93. The molecule has 7 heteroatoms. The third kappa shape index (κ3) is 2.23. The lowest BCUT2D eigenvalue weighted by atomic mass is 10.2. The average molecular weight is 308 g/mol. The summed E-state index contributed by atoms with van der Waals surface area (Å²) in [5.41, 5.74) is 2.53. The third-order valence-corrected chi connectivity index (χ3v) is 3.82. The van der Waals surface area contributed by atoms with Gasteiger partial charge in [-0.2, -0.15) is 0 Å². The second-order valence-corrected chi connectivity index (χ2v) is 5.22. The maximum Gasteiger partial charge on any atom is 0.258 e. The fraction of sp³-hybridized carbons (Fsp3) is 0. The van der Waals surface area contributed by atoms with Gasteiger partial charge in [-0.3, -0.25) is 9.78 Å². The predicted octanol–water partition coefficient (Wildman–Crippen LogP) is 3.74. The van der Waals surface area contributed by atoms with E-state index in [1.807, 2.05) is 6.07 Å². The molecule has 100 valence electrons. The Balaban J connectivity index is 2.01. The van der Waals surface area contributed by atoms with Crippen molar-refractivity contribution in [2.24, 2.45) is 0 Å². The number of amides is 1. The first-order valence-electron chi connectivity index (χ1n) is 5.59. The highest BCUT2D eigenvalue weighted by atomic mass is 35.5. The summed E-state index contributed by atoms with van der Waals surface area (Å²) in [7, 11) is 0. The highest BCUT2D eigenvalue weighted by Gasteiger charge is 2.16. The Morgan fingerprint density at radius 2 is 2.20 bits per heavy atom. The van der Waals surface area contributed by atoms with E-state index in [1.165, 1.54) is 23.6 Å². The van der Waals surface area contributed by atoms with Gasteiger partial charge in [-0.05, 0) is 18.2 Å². The fourth-order valence-electron chi connectivity index (χ4n) is 1.77. The zero-order chi connectivity index (χ0) is 14.1. The molecule has 0 saturated carbocycles. The van der Waals surface area contributed by atoms with Crippen LogP contribution in [0, 0.1) is 5.82 Å². The number of aromatic nitrogens is 2. The van der Waals surface area contributed by atoms with Crippen molar-refractivity contribution in [1.29, 1.82) is 0 Å². The van der Waals surface area contributed by atoms with Crippen molar-refractivity contribution < 1.29 is 9.18 Å². The Labute approximate surface area is 122 Å². The second-order valence-electron chi connectivity index (χ2n) is 3.93. The van der Waals surface area contributed by atoms with E-state index in [2.05, 4.69) is 15.3 Å². The van der Waals surface area contributed by atoms with E-state index in [1.54, 1.807) is 11.6 Å². The Bertz CT molecular complexity index is 805. The molecule has 0 spiro atoms. The lowest BCUT2D eigenvalue weighted by Gasteiger charge is -2.08. The summed E-state index contributed by atoms with van der Waals surface area (Å²) >= 11 is 7.51. The van der Waals surface area contributed by atoms with Crippen molar-refractivity contribution in [3.05, 3.63) is 52.5 Å². The quantitative estimate of drug-likeness (QED) is 0.784. The standard InChI is InChI=1S/C13H7ClFN3OS/c14-8-1-2-10-12(17-6-20-10)11(8)18-13(19)7-3-4-16-5-9(7)15/h1-6H,(H,18,19). The number of anilines is 1. The highest BCUT2D eigenvalue weighted by Crippen LogP contribution is 2.32. The number of nitrogens with one attached hydrogen (secondary N) is 1. The van der Waals surface area contributed by atoms with E-state index in [9.17, 15) is 9.18 Å². The molecule has 2 heterocycles. The van der Waals surface area contributed by atoms with Crippen LogP contribution in [0.15, 0.2) is 36.1 Å². The minimum absolute atomic E-state index is 0.0942. The van der Waals surface area contributed by atoms with Crippen LogP contribution >= 0.6 is 22.9 Å². The summed E-state index contributed by atoms with van der Waals surface area (Å²) in [6.07, 6.45) is 2.34. The topological polar surface area (TPSA) is 54.9 Å². The maximum absolute atomic E-state index is 13.5. The molecule has 3 aromatic rings. The number of hydrogen-bond donors (Lipinski definition) is 1. The van der Waals surface area contributed by atoms with Crippen LogP contribution in [0.3, 0.4) is 0 Å². The molecule has 2 aromatic heterocycles. The van der Waals surface area contributed by atoms with Gasteiger partial charge in [0.1, 0.15) is 5.52 Å². The van der Waals surface area contributed by atoms with Crippen LogP contribution in [-0.2, 0) is 0 Å². The third-order valence-electron chi connectivity index (χ3n) is 2.71. The number of carbonyl (C=O) groups excluding carboxylic acids is 1. The number of thiazole rings is 1. The molecule has 0 aliphatic rings. The summed E-state index contributed by atoms with van der Waals surface area (Å²) < 4.78 is 14.4. The van der Waals surface area contributed by atoms with Crippen molar-refractivity contribution in [3.63, 3.8) is 0 Å². The van der Waals surface area contributed by atoms with E-state index < -0.39 is 11.7 Å². The van der Waals surface area contributed by atoms with E-state index in [-0.39, 0.29) is 5.56 Å². The summed E-state index contributed by atoms with van der Waals surface area (Å²) in [5, 5.41) is 2.95. The molecular formula is C13H7ClFN3OS. The van der Waals surface area contributed by atoms with E-state index in [0.29, 0.717) is 16.2 Å². The van der Waals surface area contributed by atoms with Gasteiger partial charge in [0.2, 0.25) is 0 Å². The minimum Gasteiger partial charge on any atom is -0.319 e. The Morgan fingerprint density at radius 1 is 1.35 bits per heavy atom. The van der Waals surface area contributed by atoms with Crippen molar-refractivity contribution in [2.75, 3.05) is 5.32 Å². The first-order chi connectivity index (χ1) is 9.66. The first kappa shape index (κ1) is 13.0. The van der Waals surface area contributed by atoms with Crippen LogP contribution in [0.2, 0.25) is 5.02 Å². The molecule has 0 atom stereocenters. The van der Waals surface area contributed by atoms with Gasteiger partial charge in [0.05, 0.1) is 32.7 Å². The summed E-state index contributed by atoms with van der Waals surface area (Å²) in [6.45, 7) is 0. The molecule has 1 aromatic carbocycles. The maximum atomic E-state index is 13.5. The van der Waals surface area contributed by atoms with Gasteiger partial charge in [0.25, 0.3) is 5.91 Å². The molecule has 20 heavy (non-hydrogen) atoms. The zero-order valence-corrected chi connectivity index (χ0v) is 11.5. The molecule has 4 nitrogen and oxygen atoms in total. The molecule has 1 amide bonds. The Hall–Kier alpha value is -2.05. The lowest BCUT2D eigenvalue weighted by molar-refractivity contribution is 0.102. The van der Waals surface area contributed by atoms with Crippen LogP contribution < -0.4 is 5.32 Å². The Morgan fingerprint density at radius 3 is 3.00 bits per heavy atom. The van der Waals surface area contributed by atoms with Crippen LogP contribution in [0.25, 0.3) is 10.2 Å². The molecule has 0 fully saturated rings. The number of hydrogen-bond acceptors (Lipinski definition) is 4. The smallest absolute Gasteiger partial charge is 0.258 e. The summed E-state index contributed by atoms with van der Waals surface area (Å²) in [6, 6.07) is 4.79. The number of carbonyl (C=O) groups is 1. The molecule has 0 bridgehead atoms. The van der Waals surface area contributed by atoms with Crippen molar-refractivity contribution in [1.82, 2.24) is 9.97 Å². The molecule has 0 radical (unpaired) electrons. The average Bonchev–Trinajstić information content (AvgIpc) is 2.91. The molecule has 0 aliphatic carbocycles. The number of halogens is 2. The van der Waals surface area contributed by atoms with Crippen LogP contribution in [0.1, 0.15) is 10.4 Å². The number of fused-ring (bicyclic) bond motifs is 1. The number of benzene rings is 1. The van der Waals surface area contributed by atoms with Crippen LogP contribution in [-0.4, -0.2) is 15.9 Å². The SMILES string of the molecule is O=C(Nc1c(Cl)ccc2scnc12)c1ccncc1F. The monoisotopic (exact) mass is 307 g/mol. The van der Waals surface area contributed by atoms with E-state index >= 15 is 0 Å². The molecule has 0 unspecified atom stereocenters. The van der Waals surface area contributed by atoms with Crippen molar-refractivity contribution >= 4 is 44.7 Å². The van der Waals surface area contributed by atoms with Gasteiger partial charge in [0, 0.05) is 6.20 Å². The molecule has 1 N–H and O–H groups in total. The number of pyridine rings is 1. The summed E-state index contributed by atoms with van der Waals surface area (Å²) in [4.78, 5) is 19.9. The normalized spacial score (nSPS) is 10.7. The largest absolute Gasteiger partial charge is 0.319 e. The van der Waals surface area contributed by atoms with Crippen LogP contribution in [0.4, 0.5) is 10.1 Å². The van der Waals surface area contributed by atoms with Gasteiger partial charge in [-0.25, -0.2) is 9.37 Å². The van der Waals surface area contributed by atoms with E-state index in [0.717, 1.165) is 10.9 Å². The summed E-state index contributed by atoms with van der Waals surface area (Å²) in [5.74, 6) is -1.28. The molecule has 0 aliphatic heterocycles. The fourth-order valence-corrected chi connectivity index (χ4v) is 2.65. The van der Waals surface area contributed by atoms with Gasteiger partial charge in [0.15, 0.2) is 5.82 Å². The van der Waals surface area contributed by atoms with Gasteiger partial charge in [-0.15, -0.1) is 11.3 Å². The second kappa shape index (κ2) is 5.15. The molecule has 3 rings (SSSR count). The highest BCUT2D eigenvalue weighted by molar-refractivity contribution is 7.16. The van der Waals surface area contributed by atoms with Crippen molar-refractivity contribution in [3.8, 4) is 0 Å². The number of rotatable bonds is 2. The molecule has 0 saturated heterocycles. The molecular weight excluding hydrogens is 301 g/mol. The van der Waals surface area contributed by atoms with Gasteiger partial charge >= 0.3 is 0 Å². The van der Waals surface area contributed by atoms with Crippen molar-refractivity contribution in [2.45, 2.75) is 0 Å². The van der Waals surface area contributed by atoms with Crippen LogP contribution in [0.5, 0.6) is 0 Å². The number of nitrogens with zero attached hydrogens (tertiary/aromatic N) is 2. The van der Waals surface area contributed by atoms with Gasteiger partial charge in [-0.1, -0.05) is 11.6 Å².